The minimum absolute atomic E-state index is 0.113. The summed E-state index contributed by atoms with van der Waals surface area (Å²) in [5, 5.41) is 0. The Labute approximate surface area is 123 Å². The summed E-state index contributed by atoms with van der Waals surface area (Å²) in [5.41, 5.74) is 5.28. The number of thioether (sulfide) groups is 1. The molecule has 0 aliphatic rings. The molecule has 0 saturated heterocycles. The second kappa shape index (κ2) is 7.43. The minimum Gasteiger partial charge on any atom is -0.271 e. The molecule has 0 aromatic heterocycles. The van der Waals surface area contributed by atoms with Gasteiger partial charge in [0.1, 0.15) is 5.82 Å². The molecule has 0 radical (unpaired) electrons. The van der Waals surface area contributed by atoms with Crippen LogP contribution >= 0.6 is 11.8 Å². The van der Waals surface area contributed by atoms with Crippen LogP contribution in [-0.2, 0) is 6.42 Å². The van der Waals surface area contributed by atoms with Crippen molar-refractivity contribution >= 4 is 11.8 Å². The number of benzene rings is 2. The number of hydrogen-bond donors (Lipinski definition) is 2. The van der Waals surface area contributed by atoms with Crippen LogP contribution in [0.4, 0.5) is 4.39 Å². The Bertz CT molecular complexity index is 542. The molecule has 0 fully saturated rings. The molecule has 0 heterocycles. The van der Waals surface area contributed by atoms with E-state index >= 15 is 0 Å². The average Bonchev–Trinajstić information content (AvgIpc) is 2.47. The number of nitrogens with one attached hydrogen (secondary N) is 1. The quantitative estimate of drug-likeness (QED) is 0.487. The Morgan fingerprint density at radius 1 is 1.15 bits per heavy atom. The third-order valence-corrected chi connectivity index (χ3v) is 4.33. The van der Waals surface area contributed by atoms with Crippen molar-refractivity contribution in [2.45, 2.75) is 24.3 Å². The molecule has 0 saturated carbocycles. The molecule has 0 spiro atoms. The van der Waals surface area contributed by atoms with Crippen LogP contribution in [0, 0.1) is 12.7 Å². The summed E-state index contributed by atoms with van der Waals surface area (Å²) < 4.78 is 13.5. The van der Waals surface area contributed by atoms with E-state index in [9.17, 15) is 4.39 Å². The largest absolute Gasteiger partial charge is 0.271 e. The number of nitrogens with two attached hydrogens (primary N) is 1. The van der Waals surface area contributed by atoms with Gasteiger partial charge in [-0.05, 0) is 31.0 Å². The van der Waals surface area contributed by atoms with Gasteiger partial charge in [0.15, 0.2) is 0 Å². The maximum Gasteiger partial charge on any atom is 0.136 e. The van der Waals surface area contributed by atoms with Gasteiger partial charge in [0.25, 0.3) is 0 Å². The first-order valence-corrected chi connectivity index (χ1v) is 7.56. The van der Waals surface area contributed by atoms with Gasteiger partial charge in [0, 0.05) is 16.7 Å². The topological polar surface area (TPSA) is 38.0 Å². The Balaban J connectivity index is 1.92. The molecule has 4 heteroatoms. The Morgan fingerprint density at radius 3 is 2.50 bits per heavy atom. The SMILES string of the molecule is Cc1ccc(CC(CSc2ccccc2F)NN)cc1. The number of halogens is 1. The van der Waals surface area contributed by atoms with E-state index in [0.29, 0.717) is 4.90 Å². The van der Waals surface area contributed by atoms with Crippen molar-refractivity contribution in [1.29, 1.82) is 0 Å². The van der Waals surface area contributed by atoms with Crippen molar-refractivity contribution in [1.82, 2.24) is 5.43 Å². The highest BCUT2D eigenvalue weighted by Gasteiger charge is 2.10. The third-order valence-electron chi connectivity index (χ3n) is 3.12. The van der Waals surface area contributed by atoms with Crippen LogP contribution in [0.15, 0.2) is 53.4 Å². The van der Waals surface area contributed by atoms with Gasteiger partial charge in [-0.15, -0.1) is 11.8 Å². The lowest BCUT2D eigenvalue weighted by Crippen LogP contribution is -2.38. The second-order valence-corrected chi connectivity index (χ2v) is 5.86. The highest BCUT2D eigenvalue weighted by atomic mass is 32.2. The Kier molecular flexibility index (Phi) is 5.59. The van der Waals surface area contributed by atoms with E-state index in [1.165, 1.54) is 29.0 Å². The Morgan fingerprint density at radius 2 is 1.85 bits per heavy atom. The van der Waals surface area contributed by atoms with Crippen molar-refractivity contribution in [3.63, 3.8) is 0 Å². The summed E-state index contributed by atoms with van der Waals surface area (Å²) in [4.78, 5) is 0.664. The van der Waals surface area contributed by atoms with E-state index < -0.39 is 0 Å². The van der Waals surface area contributed by atoms with Gasteiger partial charge in [-0.25, -0.2) is 4.39 Å². The van der Waals surface area contributed by atoms with Gasteiger partial charge in [-0.1, -0.05) is 42.0 Å². The predicted molar refractivity (Wildman–Crippen MR) is 83.1 cm³/mol. The zero-order chi connectivity index (χ0) is 14.4. The van der Waals surface area contributed by atoms with E-state index in [-0.39, 0.29) is 11.9 Å². The van der Waals surface area contributed by atoms with Crippen LogP contribution < -0.4 is 11.3 Å². The zero-order valence-electron chi connectivity index (χ0n) is 11.5. The lowest BCUT2D eigenvalue weighted by Gasteiger charge is -2.16. The third kappa shape index (κ3) is 4.34. The smallest absolute Gasteiger partial charge is 0.136 e. The van der Waals surface area contributed by atoms with E-state index in [1.54, 1.807) is 12.1 Å². The predicted octanol–water partition coefficient (Wildman–Crippen LogP) is 3.30. The number of hydrogen-bond acceptors (Lipinski definition) is 3. The van der Waals surface area contributed by atoms with E-state index in [1.807, 2.05) is 6.07 Å². The number of hydrazine groups is 1. The normalized spacial score (nSPS) is 12.3. The lowest BCUT2D eigenvalue weighted by molar-refractivity contribution is 0.573. The lowest BCUT2D eigenvalue weighted by atomic mass is 10.1. The van der Waals surface area contributed by atoms with Crippen molar-refractivity contribution in [2.24, 2.45) is 5.84 Å². The summed E-state index contributed by atoms with van der Waals surface area (Å²) >= 11 is 1.48. The standard InChI is InChI=1S/C16H19FN2S/c1-12-6-8-13(9-7-12)10-14(19-18)11-20-16-5-3-2-4-15(16)17/h2-9,14,19H,10-11,18H2,1H3. The molecule has 2 aromatic rings. The molecular formula is C16H19FN2S. The van der Waals surface area contributed by atoms with Gasteiger partial charge < -0.3 is 0 Å². The van der Waals surface area contributed by atoms with Gasteiger partial charge in [0.2, 0.25) is 0 Å². The molecule has 106 valence electrons. The minimum atomic E-state index is -0.177. The van der Waals surface area contributed by atoms with Crippen LogP contribution in [0.5, 0.6) is 0 Å². The van der Waals surface area contributed by atoms with Crippen LogP contribution in [0.3, 0.4) is 0 Å². The van der Waals surface area contributed by atoms with Crippen LogP contribution in [0.1, 0.15) is 11.1 Å². The van der Waals surface area contributed by atoms with Gasteiger partial charge in [0.05, 0.1) is 0 Å². The van der Waals surface area contributed by atoms with Gasteiger partial charge in [-0.2, -0.15) is 0 Å². The summed E-state index contributed by atoms with van der Waals surface area (Å²) in [5.74, 6) is 6.15. The van der Waals surface area contributed by atoms with Crippen molar-refractivity contribution in [3.05, 3.63) is 65.5 Å². The summed E-state index contributed by atoms with van der Waals surface area (Å²) in [6.45, 7) is 2.07. The molecule has 2 aromatic carbocycles. The maximum absolute atomic E-state index is 13.5. The molecule has 0 bridgehead atoms. The average molecular weight is 290 g/mol. The number of aryl methyl sites for hydroxylation is 1. The monoisotopic (exact) mass is 290 g/mol. The summed E-state index contributed by atoms with van der Waals surface area (Å²) in [7, 11) is 0. The highest BCUT2D eigenvalue weighted by Crippen LogP contribution is 2.22. The molecular weight excluding hydrogens is 271 g/mol. The first-order chi connectivity index (χ1) is 9.69. The number of rotatable bonds is 6. The molecule has 0 aliphatic heterocycles. The van der Waals surface area contributed by atoms with Crippen LogP contribution in [-0.4, -0.2) is 11.8 Å². The zero-order valence-corrected chi connectivity index (χ0v) is 12.3. The molecule has 0 amide bonds. The summed E-state index contributed by atoms with van der Waals surface area (Å²) in [6.07, 6.45) is 0.832. The second-order valence-electron chi connectivity index (χ2n) is 4.79. The van der Waals surface area contributed by atoms with Gasteiger partial charge >= 0.3 is 0 Å². The van der Waals surface area contributed by atoms with Gasteiger partial charge in [-0.3, -0.25) is 11.3 Å². The molecule has 2 nitrogen and oxygen atoms in total. The molecule has 20 heavy (non-hydrogen) atoms. The first kappa shape index (κ1) is 15.0. The highest BCUT2D eigenvalue weighted by molar-refractivity contribution is 7.99. The molecule has 1 unspecified atom stereocenters. The molecule has 1 atom stereocenters. The van der Waals surface area contributed by atoms with E-state index in [2.05, 4.69) is 36.6 Å². The Hall–Kier alpha value is -1.36. The van der Waals surface area contributed by atoms with Crippen molar-refractivity contribution in [2.75, 3.05) is 5.75 Å². The molecule has 2 rings (SSSR count). The van der Waals surface area contributed by atoms with Crippen LogP contribution in [0.25, 0.3) is 0 Å². The fourth-order valence-corrected chi connectivity index (χ4v) is 2.90. The maximum atomic E-state index is 13.5. The molecule has 3 N–H and O–H groups in total. The van der Waals surface area contributed by atoms with E-state index in [0.717, 1.165) is 12.2 Å². The summed E-state index contributed by atoms with van der Waals surface area (Å²) in [6, 6.07) is 15.3. The first-order valence-electron chi connectivity index (χ1n) is 6.58. The van der Waals surface area contributed by atoms with Crippen LogP contribution in [0.2, 0.25) is 0 Å². The van der Waals surface area contributed by atoms with E-state index in [4.69, 9.17) is 5.84 Å². The van der Waals surface area contributed by atoms with Crippen molar-refractivity contribution < 1.29 is 4.39 Å². The fraction of sp³-hybridized carbons (Fsp3) is 0.250. The molecule has 0 aliphatic carbocycles. The fourth-order valence-electron chi connectivity index (χ4n) is 1.93. The van der Waals surface area contributed by atoms with Crippen molar-refractivity contribution in [3.8, 4) is 0 Å².